The highest BCUT2D eigenvalue weighted by atomic mass is 16.4. The SMILES string of the molecule is Cc1nn(-c2ccc(C(=O)NC3CCCC(C)C3)cc2)c(C)c1CCC(=O)O. The van der Waals surface area contributed by atoms with Crippen LogP contribution in [0.2, 0.25) is 0 Å². The Morgan fingerprint density at radius 3 is 2.57 bits per heavy atom. The van der Waals surface area contributed by atoms with E-state index in [9.17, 15) is 9.59 Å². The summed E-state index contributed by atoms with van der Waals surface area (Å²) < 4.78 is 1.82. The number of hydrogen-bond acceptors (Lipinski definition) is 3. The van der Waals surface area contributed by atoms with E-state index in [2.05, 4.69) is 17.3 Å². The quantitative estimate of drug-likeness (QED) is 0.794. The molecule has 6 heteroatoms. The van der Waals surface area contributed by atoms with Gasteiger partial charge in [0.1, 0.15) is 0 Å². The molecule has 28 heavy (non-hydrogen) atoms. The molecule has 0 bridgehead atoms. The summed E-state index contributed by atoms with van der Waals surface area (Å²) in [6.45, 7) is 6.09. The third-order valence-corrected chi connectivity index (χ3v) is 5.68. The minimum Gasteiger partial charge on any atom is -0.481 e. The fourth-order valence-corrected chi connectivity index (χ4v) is 4.11. The second-order valence-corrected chi connectivity index (χ2v) is 7.94. The fourth-order valence-electron chi connectivity index (χ4n) is 4.11. The Morgan fingerprint density at radius 1 is 1.21 bits per heavy atom. The highest BCUT2D eigenvalue weighted by Crippen LogP contribution is 2.24. The highest BCUT2D eigenvalue weighted by molar-refractivity contribution is 5.94. The van der Waals surface area contributed by atoms with Crippen molar-refractivity contribution in [1.29, 1.82) is 0 Å². The molecule has 0 spiro atoms. The van der Waals surface area contributed by atoms with E-state index < -0.39 is 5.97 Å². The molecule has 0 aliphatic heterocycles. The third kappa shape index (κ3) is 4.61. The number of hydrogen-bond donors (Lipinski definition) is 2. The maximum absolute atomic E-state index is 12.6. The average molecular weight is 383 g/mol. The van der Waals surface area contributed by atoms with Gasteiger partial charge in [-0.3, -0.25) is 9.59 Å². The summed E-state index contributed by atoms with van der Waals surface area (Å²) in [5.41, 5.74) is 4.26. The first-order valence-electron chi connectivity index (χ1n) is 10.0. The van der Waals surface area contributed by atoms with Gasteiger partial charge in [-0.25, -0.2) is 4.68 Å². The number of aliphatic carboxylic acids is 1. The topological polar surface area (TPSA) is 84.2 Å². The molecule has 1 aliphatic rings. The summed E-state index contributed by atoms with van der Waals surface area (Å²) in [5.74, 6) is -0.168. The zero-order valence-electron chi connectivity index (χ0n) is 16.9. The standard InChI is InChI=1S/C22H29N3O3/c1-14-5-4-6-18(13-14)23-22(28)17-7-9-19(10-8-17)25-16(3)20(15(2)24-25)11-12-21(26)27/h7-10,14,18H,4-6,11-13H2,1-3H3,(H,23,28)(H,26,27). The fraction of sp³-hybridized carbons (Fsp3) is 0.500. The smallest absolute Gasteiger partial charge is 0.303 e. The summed E-state index contributed by atoms with van der Waals surface area (Å²) in [4.78, 5) is 23.4. The lowest BCUT2D eigenvalue weighted by Gasteiger charge is -2.27. The molecule has 3 rings (SSSR count). The second kappa shape index (κ2) is 8.59. The minimum absolute atomic E-state index is 0.0267. The van der Waals surface area contributed by atoms with E-state index in [1.54, 1.807) is 0 Å². The monoisotopic (exact) mass is 383 g/mol. The molecule has 2 atom stereocenters. The summed E-state index contributed by atoms with van der Waals surface area (Å²) in [7, 11) is 0. The molecule has 2 unspecified atom stereocenters. The van der Waals surface area contributed by atoms with Crippen LogP contribution in [0.25, 0.3) is 5.69 Å². The molecule has 0 saturated heterocycles. The molecule has 1 fully saturated rings. The van der Waals surface area contributed by atoms with Crippen molar-refractivity contribution in [3.63, 3.8) is 0 Å². The van der Waals surface area contributed by atoms with Crippen LogP contribution in [-0.2, 0) is 11.2 Å². The number of nitrogens with zero attached hydrogens (tertiary/aromatic N) is 2. The molecule has 0 radical (unpaired) electrons. The number of carbonyl (C=O) groups is 2. The van der Waals surface area contributed by atoms with Gasteiger partial charge in [-0.1, -0.05) is 19.8 Å². The largest absolute Gasteiger partial charge is 0.481 e. The van der Waals surface area contributed by atoms with Crippen molar-refractivity contribution in [2.24, 2.45) is 5.92 Å². The lowest BCUT2D eigenvalue weighted by Crippen LogP contribution is -2.37. The molecular weight excluding hydrogens is 354 g/mol. The predicted octanol–water partition coefficient (Wildman–Crippen LogP) is 3.81. The van der Waals surface area contributed by atoms with Crippen molar-refractivity contribution in [3.8, 4) is 5.69 Å². The van der Waals surface area contributed by atoms with E-state index in [1.165, 1.54) is 12.8 Å². The van der Waals surface area contributed by atoms with Crippen molar-refractivity contribution < 1.29 is 14.7 Å². The van der Waals surface area contributed by atoms with Gasteiger partial charge in [-0.15, -0.1) is 0 Å². The van der Waals surface area contributed by atoms with E-state index >= 15 is 0 Å². The first kappa shape index (κ1) is 20.1. The van der Waals surface area contributed by atoms with E-state index in [-0.39, 0.29) is 18.4 Å². The van der Waals surface area contributed by atoms with E-state index in [4.69, 9.17) is 5.11 Å². The molecule has 6 nitrogen and oxygen atoms in total. The number of nitrogens with one attached hydrogen (secondary N) is 1. The van der Waals surface area contributed by atoms with Crippen LogP contribution >= 0.6 is 0 Å². The third-order valence-electron chi connectivity index (χ3n) is 5.68. The number of aromatic nitrogens is 2. The van der Waals surface area contributed by atoms with E-state index in [0.29, 0.717) is 17.9 Å². The number of aryl methyl sites for hydroxylation is 1. The van der Waals surface area contributed by atoms with Gasteiger partial charge in [-0.05, 0) is 68.9 Å². The van der Waals surface area contributed by atoms with Crippen LogP contribution in [0.3, 0.4) is 0 Å². The van der Waals surface area contributed by atoms with Crippen LogP contribution in [0.4, 0.5) is 0 Å². The maximum atomic E-state index is 12.6. The lowest BCUT2D eigenvalue weighted by molar-refractivity contribution is -0.136. The molecule has 1 aliphatic carbocycles. The molecular formula is C22H29N3O3. The molecule has 1 aromatic carbocycles. The van der Waals surface area contributed by atoms with Crippen molar-refractivity contribution >= 4 is 11.9 Å². The van der Waals surface area contributed by atoms with Gasteiger partial charge in [0, 0.05) is 23.7 Å². The van der Waals surface area contributed by atoms with Gasteiger partial charge >= 0.3 is 5.97 Å². The highest BCUT2D eigenvalue weighted by Gasteiger charge is 2.21. The Labute approximate surface area is 166 Å². The predicted molar refractivity (Wildman–Crippen MR) is 108 cm³/mol. The average Bonchev–Trinajstić information content (AvgIpc) is 2.94. The van der Waals surface area contributed by atoms with Crippen LogP contribution in [-0.4, -0.2) is 32.8 Å². The van der Waals surface area contributed by atoms with Gasteiger partial charge in [0.2, 0.25) is 0 Å². The molecule has 1 saturated carbocycles. The Hall–Kier alpha value is -2.63. The second-order valence-electron chi connectivity index (χ2n) is 7.94. The van der Waals surface area contributed by atoms with Gasteiger partial charge in [-0.2, -0.15) is 5.10 Å². The Morgan fingerprint density at radius 2 is 1.93 bits per heavy atom. The van der Waals surface area contributed by atoms with Gasteiger partial charge in [0.25, 0.3) is 5.91 Å². The lowest BCUT2D eigenvalue weighted by atomic mass is 9.87. The van der Waals surface area contributed by atoms with Crippen LogP contribution in [0, 0.1) is 19.8 Å². The van der Waals surface area contributed by atoms with Crippen LogP contribution in [0.5, 0.6) is 0 Å². The van der Waals surface area contributed by atoms with Crippen molar-refractivity contribution in [2.45, 2.75) is 65.3 Å². The summed E-state index contributed by atoms with van der Waals surface area (Å²) in [5, 5.41) is 16.6. The van der Waals surface area contributed by atoms with Gasteiger partial charge < -0.3 is 10.4 Å². The molecule has 150 valence electrons. The van der Waals surface area contributed by atoms with Crippen LogP contribution < -0.4 is 5.32 Å². The Kier molecular flexibility index (Phi) is 6.17. The number of benzene rings is 1. The van der Waals surface area contributed by atoms with Crippen molar-refractivity contribution in [3.05, 3.63) is 46.8 Å². The molecule has 1 heterocycles. The molecule has 1 amide bonds. The normalized spacial score (nSPS) is 19.4. The summed E-state index contributed by atoms with van der Waals surface area (Å²) >= 11 is 0. The number of rotatable bonds is 6. The molecule has 2 aromatic rings. The van der Waals surface area contributed by atoms with E-state index in [1.807, 2.05) is 42.8 Å². The van der Waals surface area contributed by atoms with Crippen molar-refractivity contribution in [2.75, 3.05) is 0 Å². The van der Waals surface area contributed by atoms with Gasteiger partial charge in [0.15, 0.2) is 0 Å². The maximum Gasteiger partial charge on any atom is 0.303 e. The van der Waals surface area contributed by atoms with Gasteiger partial charge in [0.05, 0.1) is 11.4 Å². The first-order chi connectivity index (χ1) is 13.3. The minimum atomic E-state index is -0.811. The van der Waals surface area contributed by atoms with Crippen LogP contribution in [0.15, 0.2) is 24.3 Å². The van der Waals surface area contributed by atoms with Crippen molar-refractivity contribution in [1.82, 2.24) is 15.1 Å². The zero-order chi connectivity index (χ0) is 20.3. The van der Waals surface area contributed by atoms with E-state index in [0.717, 1.165) is 35.5 Å². The molecule has 1 aromatic heterocycles. The number of amides is 1. The zero-order valence-corrected chi connectivity index (χ0v) is 16.9. The Balaban J connectivity index is 1.71. The number of carbonyl (C=O) groups excluding carboxylic acids is 1. The molecule has 2 N–H and O–H groups in total. The summed E-state index contributed by atoms with van der Waals surface area (Å²) in [6, 6.07) is 7.69. The Bertz CT molecular complexity index is 855. The number of carboxylic acid groups (broad SMARTS) is 1. The van der Waals surface area contributed by atoms with Crippen LogP contribution in [0.1, 0.15) is 66.3 Å². The number of carboxylic acids is 1. The summed E-state index contributed by atoms with van der Waals surface area (Å²) in [6.07, 6.45) is 5.08. The first-order valence-corrected chi connectivity index (χ1v) is 10.0.